The van der Waals surface area contributed by atoms with Crippen molar-refractivity contribution in [3.05, 3.63) is 0 Å². The third-order valence-corrected chi connectivity index (χ3v) is 2.77. The molecule has 4 unspecified atom stereocenters. The van der Waals surface area contributed by atoms with Gasteiger partial charge in [0.25, 0.3) is 0 Å². The van der Waals surface area contributed by atoms with Gasteiger partial charge in [0.1, 0.15) is 19.0 Å². The zero-order chi connectivity index (χ0) is 13.1. The molecule has 0 aromatic rings. The number of carbonyl (C=O) groups excluding carboxylic acids is 2. The highest BCUT2D eigenvalue weighted by atomic mass is 16.7. The molecule has 18 heavy (non-hydrogen) atoms. The Balaban J connectivity index is 2.07. The van der Waals surface area contributed by atoms with E-state index >= 15 is 0 Å². The second kappa shape index (κ2) is 5.64. The van der Waals surface area contributed by atoms with Crippen LogP contribution in [0.4, 0.5) is 0 Å². The highest BCUT2D eigenvalue weighted by Crippen LogP contribution is 2.32. The van der Waals surface area contributed by atoms with Crippen LogP contribution < -0.4 is 0 Å². The summed E-state index contributed by atoms with van der Waals surface area (Å²) < 4.78 is 25.6. The Morgan fingerprint density at radius 1 is 1.00 bits per heavy atom. The first kappa shape index (κ1) is 13.3. The van der Waals surface area contributed by atoms with Crippen LogP contribution in [0.5, 0.6) is 0 Å². The summed E-state index contributed by atoms with van der Waals surface area (Å²) in [5.74, 6) is -1.10. The SMILES string of the molecule is CCOC(=O)C1OC(C(=O)OCC)C2OCOC12. The topological polar surface area (TPSA) is 80.3 Å². The smallest absolute Gasteiger partial charge is 0.338 e. The number of hydrogen-bond acceptors (Lipinski definition) is 7. The van der Waals surface area contributed by atoms with Gasteiger partial charge in [0, 0.05) is 0 Å². The molecule has 0 amide bonds. The monoisotopic (exact) mass is 260 g/mol. The summed E-state index contributed by atoms with van der Waals surface area (Å²) in [5.41, 5.74) is 0. The van der Waals surface area contributed by atoms with Crippen molar-refractivity contribution in [2.45, 2.75) is 38.3 Å². The summed E-state index contributed by atoms with van der Waals surface area (Å²) in [7, 11) is 0. The minimum atomic E-state index is -0.938. The largest absolute Gasteiger partial charge is 0.464 e. The van der Waals surface area contributed by atoms with Crippen molar-refractivity contribution >= 4 is 11.9 Å². The van der Waals surface area contributed by atoms with Gasteiger partial charge in [-0.15, -0.1) is 0 Å². The van der Waals surface area contributed by atoms with Crippen molar-refractivity contribution in [3.63, 3.8) is 0 Å². The predicted octanol–water partition coefficient (Wildman–Crippen LogP) is -0.378. The minimum Gasteiger partial charge on any atom is -0.464 e. The summed E-state index contributed by atoms with van der Waals surface area (Å²) in [4.78, 5) is 23.4. The second-order valence-corrected chi connectivity index (χ2v) is 3.86. The van der Waals surface area contributed by atoms with Crippen LogP contribution in [0.2, 0.25) is 0 Å². The highest BCUT2D eigenvalue weighted by Gasteiger charge is 2.56. The molecule has 7 nitrogen and oxygen atoms in total. The molecular formula is C11H16O7. The van der Waals surface area contributed by atoms with Gasteiger partial charge in [0.2, 0.25) is 0 Å². The van der Waals surface area contributed by atoms with Gasteiger partial charge in [-0.1, -0.05) is 0 Å². The lowest BCUT2D eigenvalue weighted by molar-refractivity contribution is -0.173. The van der Waals surface area contributed by atoms with Crippen molar-refractivity contribution in [2.75, 3.05) is 20.0 Å². The van der Waals surface area contributed by atoms with Crippen LogP contribution in [0.25, 0.3) is 0 Å². The van der Waals surface area contributed by atoms with Gasteiger partial charge in [-0.25, -0.2) is 9.59 Å². The van der Waals surface area contributed by atoms with E-state index in [1.807, 2.05) is 0 Å². The summed E-state index contributed by atoms with van der Waals surface area (Å²) >= 11 is 0. The zero-order valence-corrected chi connectivity index (χ0v) is 10.3. The summed E-state index contributed by atoms with van der Waals surface area (Å²) in [5, 5.41) is 0. The summed E-state index contributed by atoms with van der Waals surface area (Å²) in [6, 6.07) is 0. The number of carbonyl (C=O) groups is 2. The zero-order valence-electron chi connectivity index (χ0n) is 10.3. The van der Waals surface area contributed by atoms with Gasteiger partial charge in [-0.05, 0) is 13.8 Å². The maximum absolute atomic E-state index is 11.7. The Bertz CT molecular complexity index is 299. The number of rotatable bonds is 4. The van der Waals surface area contributed by atoms with E-state index in [-0.39, 0.29) is 20.0 Å². The van der Waals surface area contributed by atoms with E-state index in [2.05, 4.69) is 0 Å². The Morgan fingerprint density at radius 3 is 1.83 bits per heavy atom. The van der Waals surface area contributed by atoms with Crippen LogP contribution in [0.1, 0.15) is 13.8 Å². The first-order valence-electron chi connectivity index (χ1n) is 5.91. The number of ether oxygens (including phenoxy) is 5. The van der Waals surface area contributed by atoms with E-state index in [4.69, 9.17) is 23.7 Å². The van der Waals surface area contributed by atoms with Crippen LogP contribution in [-0.4, -0.2) is 56.4 Å². The Kier molecular flexibility index (Phi) is 4.15. The molecule has 2 rings (SSSR count). The molecule has 0 saturated carbocycles. The van der Waals surface area contributed by atoms with Gasteiger partial charge in [0.15, 0.2) is 12.2 Å². The van der Waals surface area contributed by atoms with Crippen LogP contribution in [0.15, 0.2) is 0 Å². The molecule has 2 fully saturated rings. The Labute approximate surface area is 104 Å². The molecule has 2 heterocycles. The average Bonchev–Trinajstić information content (AvgIpc) is 2.89. The second-order valence-electron chi connectivity index (χ2n) is 3.86. The molecule has 7 heteroatoms. The number of esters is 2. The van der Waals surface area contributed by atoms with Crippen molar-refractivity contribution < 1.29 is 33.3 Å². The summed E-state index contributed by atoms with van der Waals surface area (Å²) in [6.07, 6.45) is -3.10. The lowest BCUT2D eigenvalue weighted by atomic mass is 10.1. The maximum atomic E-state index is 11.7. The molecule has 2 aliphatic rings. The molecule has 0 bridgehead atoms. The van der Waals surface area contributed by atoms with Crippen LogP contribution in [0.3, 0.4) is 0 Å². The molecule has 2 saturated heterocycles. The predicted molar refractivity (Wildman–Crippen MR) is 56.5 cm³/mol. The molecule has 102 valence electrons. The number of fused-ring (bicyclic) bond motifs is 1. The van der Waals surface area contributed by atoms with Gasteiger partial charge >= 0.3 is 11.9 Å². The molecule has 0 aromatic heterocycles. The quantitative estimate of drug-likeness (QED) is 0.637. The number of hydrogen-bond donors (Lipinski definition) is 0. The van der Waals surface area contributed by atoms with E-state index in [0.29, 0.717) is 0 Å². The first-order valence-corrected chi connectivity index (χ1v) is 5.91. The minimum absolute atomic E-state index is 0.0322. The Hall–Kier alpha value is -1.18. The first-order chi connectivity index (χ1) is 8.69. The van der Waals surface area contributed by atoms with Crippen molar-refractivity contribution in [2.24, 2.45) is 0 Å². The molecule has 0 spiro atoms. The fourth-order valence-corrected chi connectivity index (χ4v) is 2.05. The molecule has 0 aromatic carbocycles. The molecule has 0 N–H and O–H groups in total. The average molecular weight is 260 g/mol. The third kappa shape index (κ3) is 2.33. The molecule has 2 aliphatic heterocycles. The van der Waals surface area contributed by atoms with Crippen molar-refractivity contribution in [3.8, 4) is 0 Å². The fourth-order valence-electron chi connectivity index (χ4n) is 2.05. The Morgan fingerprint density at radius 2 is 1.44 bits per heavy atom. The maximum Gasteiger partial charge on any atom is 0.338 e. The standard InChI is InChI=1S/C11H16O7/c1-3-14-10(12)8-6-7(17-5-16-6)9(18-8)11(13)15-4-2/h6-9H,3-5H2,1-2H3. The molecule has 0 radical (unpaired) electrons. The van der Waals surface area contributed by atoms with Gasteiger partial charge in [-0.2, -0.15) is 0 Å². The van der Waals surface area contributed by atoms with E-state index in [1.54, 1.807) is 13.8 Å². The van der Waals surface area contributed by atoms with Gasteiger partial charge < -0.3 is 23.7 Å². The molecule has 0 aliphatic carbocycles. The molecular weight excluding hydrogens is 244 g/mol. The van der Waals surface area contributed by atoms with Gasteiger partial charge in [-0.3, -0.25) is 0 Å². The van der Waals surface area contributed by atoms with Crippen LogP contribution >= 0.6 is 0 Å². The van der Waals surface area contributed by atoms with E-state index in [1.165, 1.54) is 0 Å². The fraction of sp³-hybridized carbons (Fsp3) is 0.818. The highest BCUT2D eigenvalue weighted by molar-refractivity contribution is 5.81. The van der Waals surface area contributed by atoms with E-state index in [9.17, 15) is 9.59 Å². The van der Waals surface area contributed by atoms with E-state index in [0.717, 1.165) is 0 Å². The van der Waals surface area contributed by atoms with Crippen molar-refractivity contribution in [1.29, 1.82) is 0 Å². The third-order valence-electron chi connectivity index (χ3n) is 2.77. The van der Waals surface area contributed by atoms with Crippen LogP contribution in [0, 0.1) is 0 Å². The summed E-state index contributed by atoms with van der Waals surface area (Å²) in [6.45, 7) is 3.89. The molecule has 4 atom stereocenters. The van der Waals surface area contributed by atoms with E-state index < -0.39 is 36.4 Å². The lowest BCUT2D eigenvalue weighted by Gasteiger charge is -2.14. The normalized spacial score (nSPS) is 34.1. The van der Waals surface area contributed by atoms with Gasteiger partial charge in [0.05, 0.1) is 13.2 Å². The lowest BCUT2D eigenvalue weighted by Crippen LogP contribution is -2.36. The van der Waals surface area contributed by atoms with Crippen LogP contribution in [-0.2, 0) is 33.3 Å². The van der Waals surface area contributed by atoms with Crippen molar-refractivity contribution in [1.82, 2.24) is 0 Å².